The minimum Gasteiger partial charge on any atom is -0.385 e. The van der Waals surface area contributed by atoms with E-state index in [9.17, 15) is 13.5 Å². The van der Waals surface area contributed by atoms with Crippen molar-refractivity contribution in [3.8, 4) is 0 Å². The largest absolute Gasteiger partial charge is 0.385 e. The lowest BCUT2D eigenvalue weighted by atomic mass is 10.0. The van der Waals surface area contributed by atoms with E-state index in [0.29, 0.717) is 5.56 Å². The van der Waals surface area contributed by atoms with E-state index < -0.39 is 19.1 Å². The molecule has 17 heavy (non-hydrogen) atoms. The van der Waals surface area contributed by atoms with Crippen LogP contribution in [0.15, 0.2) is 24.3 Å². The van der Waals surface area contributed by atoms with Crippen molar-refractivity contribution in [2.75, 3.05) is 5.75 Å². The molecular weight excluding hydrogens is 328 g/mol. The third-order valence-corrected chi connectivity index (χ3v) is 7.23. The molecule has 0 aliphatic carbocycles. The van der Waals surface area contributed by atoms with Crippen molar-refractivity contribution in [3.63, 3.8) is 0 Å². The van der Waals surface area contributed by atoms with Gasteiger partial charge in [-0.05, 0) is 34.0 Å². The Morgan fingerprint density at radius 2 is 2.00 bits per heavy atom. The zero-order chi connectivity index (χ0) is 13.3. The van der Waals surface area contributed by atoms with Gasteiger partial charge in [0, 0.05) is 0 Å². The number of aliphatic hydroxyl groups excluding tert-OH is 1. The monoisotopic (exact) mass is 340 g/mol. The van der Waals surface area contributed by atoms with Gasteiger partial charge in [0.1, 0.15) is 6.10 Å². The standard InChI is InChI=1S/C11H14BrClO3S/c1-3-17(15,16)11(12,13)10(14)9-7-5-4-6-8(9)2/h4-7,10,14H,3H2,1-2H3. The maximum atomic E-state index is 11.8. The Balaban J connectivity index is 3.23. The summed E-state index contributed by atoms with van der Waals surface area (Å²) in [6.07, 6.45) is -1.32. The van der Waals surface area contributed by atoms with Crippen LogP contribution in [0.5, 0.6) is 0 Å². The minimum absolute atomic E-state index is 0.148. The van der Waals surface area contributed by atoms with Crippen molar-refractivity contribution in [1.29, 1.82) is 0 Å². The van der Waals surface area contributed by atoms with E-state index in [-0.39, 0.29) is 5.75 Å². The first kappa shape index (κ1) is 15.0. The second-order valence-electron chi connectivity index (χ2n) is 3.72. The van der Waals surface area contributed by atoms with Crippen LogP contribution in [0.1, 0.15) is 24.2 Å². The van der Waals surface area contributed by atoms with Crippen LogP contribution < -0.4 is 0 Å². The molecule has 0 aromatic heterocycles. The van der Waals surface area contributed by atoms with Crippen LogP contribution in [0.2, 0.25) is 0 Å². The molecule has 0 spiro atoms. The van der Waals surface area contributed by atoms with Crippen LogP contribution >= 0.6 is 27.5 Å². The molecule has 0 fully saturated rings. The van der Waals surface area contributed by atoms with E-state index >= 15 is 0 Å². The Morgan fingerprint density at radius 1 is 1.47 bits per heavy atom. The summed E-state index contributed by atoms with van der Waals surface area (Å²) in [7, 11) is -3.63. The second kappa shape index (κ2) is 5.26. The summed E-state index contributed by atoms with van der Waals surface area (Å²) >= 11 is 8.89. The van der Waals surface area contributed by atoms with Gasteiger partial charge in [0.25, 0.3) is 0 Å². The lowest BCUT2D eigenvalue weighted by Crippen LogP contribution is -2.34. The molecule has 2 atom stereocenters. The fourth-order valence-electron chi connectivity index (χ4n) is 1.44. The number of alkyl halides is 2. The summed E-state index contributed by atoms with van der Waals surface area (Å²) in [5, 5.41) is 10.1. The molecule has 2 unspecified atom stereocenters. The Hall–Kier alpha value is -0.100. The van der Waals surface area contributed by atoms with Crippen LogP contribution in [0, 0.1) is 6.92 Å². The zero-order valence-electron chi connectivity index (χ0n) is 9.52. The van der Waals surface area contributed by atoms with Gasteiger partial charge < -0.3 is 5.11 Å². The molecule has 1 aromatic rings. The van der Waals surface area contributed by atoms with Crippen LogP contribution in [-0.2, 0) is 9.84 Å². The van der Waals surface area contributed by atoms with E-state index in [4.69, 9.17) is 11.6 Å². The molecule has 0 aliphatic heterocycles. The smallest absolute Gasteiger partial charge is 0.229 e. The number of hydrogen-bond donors (Lipinski definition) is 1. The Kier molecular flexibility index (Phi) is 4.63. The fraction of sp³-hybridized carbons (Fsp3) is 0.455. The molecule has 96 valence electrons. The van der Waals surface area contributed by atoms with Gasteiger partial charge in [-0.25, -0.2) is 8.42 Å². The van der Waals surface area contributed by atoms with Gasteiger partial charge in [-0.15, -0.1) is 0 Å². The second-order valence-corrected chi connectivity index (χ2v) is 9.23. The van der Waals surface area contributed by atoms with Gasteiger partial charge in [0.15, 0.2) is 9.84 Å². The van der Waals surface area contributed by atoms with Gasteiger partial charge in [0.2, 0.25) is 3.12 Å². The SMILES string of the molecule is CCS(=O)(=O)C(Cl)(Br)C(O)c1ccccc1C. The van der Waals surface area contributed by atoms with Gasteiger partial charge in [-0.1, -0.05) is 42.8 Å². The minimum atomic E-state index is -3.63. The molecule has 0 saturated heterocycles. The average molecular weight is 342 g/mol. The highest BCUT2D eigenvalue weighted by Crippen LogP contribution is 2.43. The first-order chi connectivity index (χ1) is 7.74. The summed E-state index contributed by atoms with van der Waals surface area (Å²) in [5.41, 5.74) is 1.28. The Bertz CT molecular complexity index is 499. The Morgan fingerprint density at radius 3 is 2.47 bits per heavy atom. The molecule has 0 amide bonds. The number of aliphatic hydroxyl groups is 1. The highest BCUT2D eigenvalue weighted by molar-refractivity contribution is 9.12. The van der Waals surface area contributed by atoms with E-state index in [1.165, 1.54) is 6.92 Å². The van der Waals surface area contributed by atoms with E-state index in [2.05, 4.69) is 15.9 Å². The average Bonchev–Trinajstić information content (AvgIpc) is 2.28. The van der Waals surface area contributed by atoms with E-state index in [0.717, 1.165) is 5.56 Å². The molecule has 1 rings (SSSR count). The quantitative estimate of drug-likeness (QED) is 0.857. The van der Waals surface area contributed by atoms with Crippen molar-refractivity contribution in [2.24, 2.45) is 0 Å². The van der Waals surface area contributed by atoms with E-state index in [1.54, 1.807) is 25.1 Å². The fourth-order valence-corrected chi connectivity index (χ4v) is 3.67. The van der Waals surface area contributed by atoms with Crippen molar-refractivity contribution in [3.05, 3.63) is 35.4 Å². The number of rotatable bonds is 4. The summed E-state index contributed by atoms with van der Waals surface area (Å²) in [5.74, 6) is -0.148. The number of benzene rings is 1. The summed E-state index contributed by atoms with van der Waals surface area (Å²) in [6, 6.07) is 6.98. The number of sulfone groups is 1. The van der Waals surface area contributed by atoms with Gasteiger partial charge in [0.05, 0.1) is 5.75 Å². The van der Waals surface area contributed by atoms with Gasteiger partial charge in [-0.3, -0.25) is 0 Å². The summed E-state index contributed by atoms with van der Waals surface area (Å²) in [6.45, 7) is 3.27. The maximum Gasteiger partial charge on any atom is 0.229 e. The molecule has 0 saturated carbocycles. The highest BCUT2D eigenvalue weighted by atomic mass is 79.9. The lowest BCUT2D eigenvalue weighted by molar-refractivity contribution is 0.184. The summed E-state index contributed by atoms with van der Waals surface area (Å²) in [4.78, 5) is 0. The predicted octanol–water partition coefficient (Wildman–Crippen LogP) is 2.75. The van der Waals surface area contributed by atoms with Crippen molar-refractivity contribution >= 4 is 37.4 Å². The van der Waals surface area contributed by atoms with Crippen LogP contribution in [0.3, 0.4) is 0 Å². The van der Waals surface area contributed by atoms with Crippen LogP contribution in [-0.4, -0.2) is 22.4 Å². The molecule has 3 nitrogen and oxygen atoms in total. The first-order valence-corrected chi connectivity index (χ1v) is 7.90. The molecule has 1 N–H and O–H groups in total. The molecule has 0 radical (unpaired) electrons. The normalized spacial score (nSPS) is 17.5. The number of hydrogen-bond acceptors (Lipinski definition) is 3. The van der Waals surface area contributed by atoms with Crippen molar-refractivity contribution in [1.82, 2.24) is 0 Å². The van der Waals surface area contributed by atoms with Crippen molar-refractivity contribution < 1.29 is 13.5 Å². The molecule has 0 bridgehead atoms. The predicted molar refractivity (Wildman–Crippen MR) is 73.1 cm³/mol. The van der Waals surface area contributed by atoms with Crippen molar-refractivity contribution in [2.45, 2.75) is 23.1 Å². The van der Waals surface area contributed by atoms with Crippen LogP contribution in [0.4, 0.5) is 0 Å². The third-order valence-electron chi connectivity index (χ3n) is 2.60. The van der Waals surface area contributed by atoms with Gasteiger partial charge >= 0.3 is 0 Å². The maximum absolute atomic E-state index is 11.8. The number of aryl methyl sites for hydroxylation is 1. The van der Waals surface area contributed by atoms with Gasteiger partial charge in [-0.2, -0.15) is 0 Å². The molecule has 0 aliphatic rings. The molecule has 6 heteroatoms. The molecule has 0 heterocycles. The van der Waals surface area contributed by atoms with E-state index in [1.807, 2.05) is 6.07 Å². The Labute approximate surface area is 115 Å². The molecule has 1 aromatic carbocycles. The third kappa shape index (κ3) is 2.84. The molecular formula is C11H14BrClO3S. The topological polar surface area (TPSA) is 54.4 Å². The number of halogens is 2. The lowest BCUT2D eigenvalue weighted by Gasteiger charge is -2.26. The first-order valence-electron chi connectivity index (χ1n) is 5.07. The summed E-state index contributed by atoms with van der Waals surface area (Å²) < 4.78 is 21.7. The highest BCUT2D eigenvalue weighted by Gasteiger charge is 2.46. The zero-order valence-corrected chi connectivity index (χ0v) is 12.7. The van der Waals surface area contributed by atoms with Crippen LogP contribution in [0.25, 0.3) is 0 Å².